The van der Waals surface area contributed by atoms with E-state index in [0.717, 1.165) is 49.3 Å². The minimum absolute atomic E-state index is 0.336. The molecule has 0 spiro atoms. The lowest BCUT2D eigenvalue weighted by Gasteiger charge is -2.28. The van der Waals surface area contributed by atoms with Gasteiger partial charge in [-0.15, -0.1) is 0 Å². The normalized spacial score (nSPS) is 18.8. The van der Waals surface area contributed by atoms with E-state index in [0.29, 0.717) is 11.8 Å². The maximum atomic E-state index is 10.9. The van der Waals surface area contributed by atoms with Crippen molar-refractivity contribution in [1.29, 1.82) is 0 Å². The Bertz CT molecular complexity index is 767. The number of carboxylic acid groups (broad SMARTS) is 1. The molecule has 1 aliphatic heterocycles. The summed E-state index contributed by atoms with van der Waals surface area (Å²) in [7, 11) is 2.16. The van der Waals surface area contributed by atoms with Gasteiger partial charge in [-0.25, -0.2) is 4.79 Å². The number of aromatic nitrogens is 1. The summed E-state index contributed by atoms with van der Waals surface area (Å²) >= 11 is 0. The molecule has 2 heterocycles. The lowest BCUT2D eigenvalue weighted by atomic mass is 10.0. The van der Waals surface area contributed by atoms with Crippen molar-refractivity contribution in [2.45, 2.75) is 25.9 Å². The molecule has 1 aliphatic rings. The molecule has 0 amide bonds. The number of carbonyl (C=O) groups is 1. The monoisotopic (exact) mass is 369 g/mol. The third-order valence-corrected chi connectivity index (χ3v) is 4.96. The quantitative estimate of drug-likeness (QED) is 0.845. The Morgan fingerprint density at radius 3 is 2.89 bits per heavy atom. The fourth-order valence-electron chi connectivity index (χ4n) is 3.57. The zero-order valence-electron chi connectivity index (χ0n) is 16.0. The standard InChI is InChI=1S/C21H27N3O3/c1-16-13-23(2)9-4-10-24(16)14-19-11-17(18-5-3-8-22-12-18)6-7-20(19)27-15-21(25)26/h3,5-8,11-12,16H,4,9-10,13-15H2,1-2H3,(H,25,26)/t16-/m0/s1. The number of ether oxygens (including phenoxy) is 1. The minimum Gasteiger partial charge on any atom is -0.482 e. The van der Waals surface area contributed by atoms with E-state index in [1.165, 1.54) is 0 Å². The smallest absolute Gasteiger partial charge is 0.341 e. The summed E-state index contributed by atoms with van der Waals surface area (Å²) in [4.78, 5) is 19.9. The van der Waals surface area contributed by atoms with Crippen LogP contribution < -0.4 is 4.74 Å². The van der Waals surface area contributed by atoms with Gasteiger partial charge in [-0.2, -0.15) is 0 Å². The molecule has 27 heavy (non-hydrogen) atoms. The summed E-state index contributed by atoms with van der Waals surface area (Å²) < 4.78 is 5.57. The van der Waals surface area contributed by atoms with Crippen LogP contribution >= 0.6 is 0 Å². The Labute approximate surface area is 160 Å². The number of nitrogens with zero attached hydrogens (tertiary/aromatic N) is 3. The average Bonchev–Trinajstić information content (AvgIpc) is 2.81. The molecule has 0 bridgehead atoms. The molecular weight excluding hydrogens is 342 g/mol. The van der Waals surface area contributed by atoms with Crippen molar-refractivity contribution in [2.24, 2.45) is 0 Å². The second-order valence-corrected chi connectivity index (χ2v) is 7.18. The summed E-state index contributed by atoms with van der Waals surface area (Å²) in [5.41, 5.74) is 3.10. The van der Waals surface area contributed by atoms with Crippen molar-refractivity contribution in [1.82, 2.24) is 14.8 Å². The lowest BCUT2D eigenvalue weighted by molar-refractivity contribution is -0.139. The summed E-state index contributed by atoms with van der Waals surface area (Å²) in [6.45, 7) is 5.77. The summed E-state index contributed by atoms with van der Waals surface area (Å²) in [5, 5.41) is 8.98. The fraction of sp³-hybridized carbons (Fsp3) is 0.429. The van der Waals surface area contributed by atoms with Gasteiger partial charge >= 0.3 is 5.97 Å². The van der Waals surface area contributed by atoms with Gasteiger partial charge in [-0.3, -0.25) is 9.88 Å². The van der Waals surface area contributed by atoms with Gasteiger partial charge in [0.05, 0.1) is 0 Å². The Hall–Kier alpha value is -2.44. The molecule has 1 fully saturated rings. The molecule has 1 N–H and O–H groups in total. The lowest BCUT2D eigenvalue weighted by Crippen LogP contribution is -2.37. The molecule has 0 radical (unpaired) electrons. The first-order valence-corrected chi connectivity index (χ1v) is 9.33. The molecular formula is C21H27N3O3. The van der Waals surface area contributed by atoms with Crippen molar-refractivity contribution in [2.75, 3.05) is 33.3 Å². The maximum Gasteiger partial charge on any atom is 0.341 e. The number of carboxylic acids is 1. The largest absolute Gasteiger partial charge is 0.482 e. The van der Waals surface area contributed by atoms with E-state index in [1.807, 2.05) is 30.5 Å². The van der Waals surface area contributed by atoms with Crippen LogP contribution in [0.5, 0.6) is 5.75 Å². The summed E-state index contributed by atoms with van der Waals surface area (Å²) in [5.74, 6) is -0.336. The number of rotatable bonds is 6. The zero-order valence-corrected chi connectivity index (χ0v) is 16.0. The van der Waals surface area contributed by atoms with Crippen molar-refractivity contribution in [3.63, 3.8) is 0 Å². The molecule has 0 unspecified atom stereocenters. The SMILES string of the molecule is C[C@H]1CN(C)CCCN1Cc1cc(-c2cccnc2)ccc1OCC(=O)O. The van der Waals surface area contributed by atoms with Crippen LogP contribution in [-0.4, -0.2) is 65.2 Å². The van der Waals surface area contributed by atoms with Crippen LogP contribution in [0.15, 0.2) is 42.7 Å². The van der Waals surface area contributed by atoms with Crippen LogP contribution in [0.3, 0.4) is 0 Å². The van der Waals surface area contributed by atoms with Gasteiger partial charge in [0.15, 0.2) is 6.61 Å². The highest BCUT2D eigenvalue weighted by molar-refractivity contribution is 5.69. The Morgan fingerprint density at radius 1 is 1.30 bits per heavy atom. The van der Waals surface area contributed by atoms with E-state index in [4.69, 9.17) is 9.84 Å². The van der Waals surface area contributed by atoms with E-state index in [-0.39, 0.29) is 6.61 Å². The van der Waals surface area contributed by atoms with Crippen LogP contribution in [-0.2, 0) is 11.3 Å². The summed E-state index contributed by atoms with van der Waals surface area (Å²) in [6.07, 6.45) is 4.71. The first kappa shape index (κ1) is 19.3. The molecule has 144 valence electrons. The second kappa shape index (κ2) is 8.97. The van der Waals surface area contributed by atoms with Gasteiger partial charge in [0.25, 0.3) is 0 Å². The van der Waals surface area contributed by atoms with Crippen LogP contribution in [0.1, 0.15) is 18.9 Å². The van der Waals surface area contributed by atoms with Crippen LogP contribution in [0.4, 0.5) is 0 Å². The molecule has 0 saturated carbocycles. The van der Waals surface area contributed by atoms with Gasteiger partial charge in [-0.05, 0) is 50.7 Å². The third-order valence-electron chi connectivity index (χ3n) is 4.96. The highest BCUT2D eigenvalue weighted by Gasteiger charge is 2.21. The molecule has 1 atom stereocenters. The van der Waals surface area contributed by atoms with Crippen molar-refractivity contribution in [3.05, 3.63) is 48.3 Å². The predicted octanol–water partition coefficient (Wildman–Crippen LogP) is 2.74. The first-order valence-electron chi connectivity index (χ1n) is 9.33. The predicted molar refractivity (Wildman–Crippen MR) is 105 cm³/mol. The molecule has 1 saturated heterocycles. The van der Waals surface area contributed by atoms with Crippen molar-refractivity contribution < 1.29 is 14.6 Å². The number of benzene rings is 1. The van der Waals surface area contributed by atoms with Gasteiger partial charge in [0.2, 0.25) is 0 Å². The van der Waals surface area contributed by atoms with E-state index in [1.54, 1.807) is 6.20 Å². The second-order valence-electron chi connectivity index (χ2n) is 7.18. The van der Waals surface area contributed by atoms with Gasteiger partial charge in [0.1, 0.15) is 5.75 Å². The van der Waals surface area contributed by atoms with E-state index in [2.05, 4.69) is 34.8 Å². The topological polar surface area (TPSA) is 65.9 Å². The Balaban J connectivity index is 1.87. The molecule has 1 aromatic heterocycles. The molecule has 2 aromatic rings. The van der Waals surface area contributed by atoms with Gasteiger partial charge in [-0.1, -0.05) is 12.1 Å². The number of aliphatic carboxylic acids is 1. The van der Waals surface area contributed by atoms with Crippen LogP contribution in [0.2, 0.25) is 0 Å². The highest BCUT2D eigenvalue weighted by Crippen LogP contribution is 2.28. The van der Waals surface area contributed by atoms with Crippen LogP contribution in [0.25, 0.3) is 11.1 Å². The zero-order chi connectivity index (χ0) is 19.2. The first-order chi connectivity index (χ1) is 13.0. The number of likely N-dealkylation sites (N-methyl/N-ethyl adjacent to an activating group) is 1. The maximum absolute atomic E-state index is 10.9. The summed E-state index contributed by atoms with van der Waals surface area (Å²) in [6, 6.07) is 10.3. The number of hydrogen-bond donors (Lipinski definition) is 1. The molecule has 6 heteroatoms. The molecule has 0 aliphatic carbocycles. The highest BCUT2D eigenvalue weighted by atomic mass is 16.5. The average molecular weight is 369 g/mol. The molecule has 6 nitrogen and oxygen atoms in total. The minimum atomic E-state index is -0.970. The molecule has 3 rings (SSSR count). The van der Waals surface area contributed by atoms with Crippen LogP contribution in [0, 0.1) is 0 Å². The third kappa shape index (κ3) is 5.28. The molecule has 1 aromatic carbocycles. The van der Waals surface area contributed by atoms with Gasteiger partial charge < -0.3 is 14.7 Å². The van der Waals surface area contributed by atoms with Gasteiger partial charge in [0, 0.05) is 49.2 Å². The Morgan fingerprint density at radius 2 is 2.15 bits per heavy atom. The van der Waals surface area contributed by atoms with Crippen molar-refractivity contribution in [3.8, 4) is 16.9 Å². The van der Waals surface area contributed by atoms with Crippen molar-refractivity contribution >= 4 is 5.97 Å². The Kier molecular flexibility index (Phi) is 6.42. The van der Waals surface area contributed by atoms with E-state index >= 15 is 0 Å². The fourth-order valence-corrected chi connectivity index (χ4v) is 3.57. The number of pyridine rings is 1. The number of hydrogen-bond acceptors (Lipinski definition) is 5. The van der Waals surface area contributed by atoms with E-state index in [9.17, 15) is 4.79 Å². The van der Waals surface area contributed by atoms with E-state index < -0.39 is 5.97 Å².